The van der Waals surface area contributed by atoms with E-state index in [1.54, 1.807) is 4.90 Å². The van der Waals surface area contributed by atoms with Crippen LogP contribution in [-0.2, 0) is 4.79 Å². The number of ether oxygens (including phenoxy) is 1. The van der Waals surface area contributed by atoms with E-state index in [1.807, 2.05) is 24.3 Å². The number of carbonyl (C=O) groups is 1. The number of hydrogen-bond acceptors (Lipinski definition) is 3. The van der Waals surface area contributed by atoms with Crippen molar-refractivity contribution in [2.24, 2.45) is 0 Å². The summed E-state index contributed by atoms with van der Waals surface area (Å²) in [5.41, 5.74) is 0. The van der Waals surface area contributed by atoms with Crippen LogP contribution >= 0.6 is 15.9 Å². The number of carbonyl (C=O) groups excluding carboxylic acids is 1. The molecule has 5 heteroatoms. The molecule has 1 atom stereocenters. The Hall–Kier alpha value is -1.07. The van der Waals surface area contributed by atoms with Crippen LogP contribution in [0.3, 0.4) is 0 Å². The van der Waals surface area contributed by atoms with Crippen molar-refractivity contribution in [1.82, 2.24) is 4.90 Å². The predicted molar refractivity (Wildman–Crippen MR) is 71.5 cm³/mol. The van der Waals surface area contributed by atoms with Crippen molar-refractivity contribution in [2.45, 2.75) is 18.9 Å². The van der Waals surface area contributed by atoms with E-state index < -0.39 is 0 Å². The van der Waals surface area contributed by atoms with Gasteiger partial charge in [-0.15, -0.1) is 0 Å². The first-order valence-corrected chi connectivity index (χ1v) is 6.78. The largest absolute Gasteiger partial charge is 0.493 e. The molecule has 1 fully saturated rings. The van der Waals surface area contributed by atoms with Crippen molar-refractivity contribution in [2.75, 3.05) is 19.7 Å². The van der Waals surface area contributed by atoms with E-state index >= 15 is 0 Å². The lowest BCUT2D eigenvalue weighted by molar-refractivity contribution is -0.131. The van der Waals surface area contributed by atoms with Crippen molar-refractivity contribution >= 4 is 21.8 Å². The molecular formula is C13H16BrNO3. The van der Waals surface area contributed by atoms with Gasteiger partial charge in [0.2, 0.25) is 5.91 Å². The molecule has 1 N–H and O–H groups in total. The quantitative estimate of drug-likeness (QED) is 0.922. The molecule has 4 nitrogen and oxygen atoms in total. The normalized spacial score (nSPS) is 19.0. The van der Waals surface area contributed by atoms with Crippen LogP contribution < -0.4 is 4.74 Å². The zero-order valence-corrected chi connectivity index (χ0v) is 11.6. The molecular weight excluding hydrogens is 298 g/mol. The van der Waals surface area contributed by atoms with Gasteiger partial charge in [-0.3, -0.25) is 4.79 Å². The topological polar surface area (TPSA) is 49.8 Å². The highest BCUT2D eigenvalue weighted by molar-refractivity contribution is 9.10. The number of hydrogen-bond donors (Lipinski definition) is 1. The summed E-state index contributed by atoms with van der Waals surface area (Å²) in [6, 6.07) is 7.53. The summed E-state index contributed by atoms with van der Waals surface area (Å²) in [6.07, 6.45) is 0.664. The lowest BCUT2D eigenvalue weighted by atomic mass is 10.3. The fraction of sp³-hybridized carbons (Fsp3) is 0.462. The Morgan fingerprint density at radius 2 is 2.39 bits per heavy atom. The number of aliphatic hydroxyl groups is 1. The number of halogens is 1. The molecule has 98 valence electrons. The van der Waals surface area contributed by atoms with Crippen LogP contribution in [0.5, 0.6) is 5.75 Å². The van der Waals surface area contributed by atoms with Gasteiger partial charge in [0.25, 0.3) is 0 Å². The number of aliphatic hydroxyl groups excluding tert-OH is 1. The molecule has 2 rings (SSSR count). The number of likely N-dealkylation sites (tertiary alicyclic amines) is 1. The van der Waals surface area contributed by atoms with Crippen LogP contribution in [0.25, 0.3) is 0 Å². The minimum Gasteiger partial charge on any atom is -0.493 e. The monoisotopic (exact) mass is 313 g/mol. The molecule has 0 saturated carbocycles. The Bertz CT molecular complexity index is 424. The smallest absolute Gasteiger partial charge is 0.226 e. The lowest BCUT2D eigenvalue weighted by Gasteiger charge is -2.15. The maximum Gasteiger partial charge on any atom is 0.226 e. The third kappa shape index (κ3) is 3.71. The molecule has 0 unspecified atom stereocenters. The second kappa shape index (κ2) is 6.20. The Morgan fingerprint density at radius 1 is 1.56 bits per heavy atom. The number of amides is 1. The van der Waals surface area contributed by atoms with E-state index in [9.17, 15) is 9.90 Å². The first kappa shape index (κ1) is 13.4. The lowest BCUT2D eigenvalue weighted by Crippen LogP contribution is -2.30. The summed E-state index contributed by atoms with van der Waals surface area (Å²) in [5, 5.41) is 9.35. The average molecular weight is 314 g/mol. The van der Waals surface area contributed by atoms with Crippen molar-refractivity contribution in [1.29, 1.82) is 0 Å². The number of β-amino-alcohol motifs (C(OH)–C–C–N with tert-alkyl or cyclic N) is 1. The fourth-order valence-electron chi connectivity index (χ4n) is 1.94. The summed E-state index contributed by atoms with van der Waals surface area (Å²) in [6.45, 7) is 1.47. The summed E-state index contributed by atoms with van der Waals surface area (Å²) >= 11 is 3.36. The molecule has 0 radical (unpaired) electrons. The van der Waals surface area contributed by atoms with Crippen LogP contribution in [0.2, 0.25) is 0 Å². The number of rotatable bonds is 4. The van der Waals surface area contributed by atoms with Gasteiger partial charge in [-0.2, -0.15) is 0 Å². The zero-order valence-electron chi connectivity index (χ0n) is 10.0. The zero-order chi connectivity index (χ0) is 13.0. The molecule has 0 aromatic heterocycles. The van der Waals surface area contributed by atoms with Crippen molar-refractivity contribution in [3.8, 4) is 5.75 Å². The van der Waals surface area contributed by atoms with Crippen LogP contribution in [-0.4, -0.2) is 41.7 Å². The summed E-state index contributed by atoms with van der Waals surface area (Å²) < 4.78 is 6.46. The van der Waals surface area contributed by atoms with Crippen LogP contribution in [0.15, 0.2) is 28.7 Å². The van der Waals surface area contributed by atoms with Crippen molar-refractivity contribution in [3.05, 3.63) is 28.7 Å². The number of benzene rings is 1. The van der Waals surface area contributed by atoms with Gasteiger partial charge >= 0.3 is 0 Å². The molecule has 1 aromatic carbocycles. The van der Waals surface area contributed by atoms with E-state index in [-0.39, 0.29) is 12.0 Å². The molecule has 1 saturated heterocycles. The van der Waals surface area contributed by atoms with Gasteiger partial charge in [-0.05, 0) is 24.6 Å². The van der Waals surface area contributed by atoms with Gasteiger partial charge in [0.1, 0.15) is 5.75 Å². The minimum absolute atomic E-state index is 0.0431. The standard InChI is InChI=1S/C13H16BrNO3/c14-10-2-1-3-12(8-10)18-7-5-13(17)15-6-4-11(16)9-15/h1-3,8,11,16H,4-7,9H2/t11-/m1/s1. The highest BCUT2D eigenvalue weighted by Gasteiger charge is 2.23. The first-order chi connectivity index (χ1) is 8.65. The Balaban J connectivity index is 1.73. The summed E-state index contributed by atoms with van der Waals surface area (Å²) in [4.78, 5) is 13.5. The highest BCUT2D eigenvalue weighted by Crippen LogP contribution is 2.18. The second-order valence-electron chi connectivity index (χ2n) is 4.34. The van der Waals surface area contributed by atoms with Crippen molar-refractivity contribution < 1.29 is 14.6 Å². The van der Waals surface area contributed by atoms with E-state index in [0.29, 0.717) is 32.5 Å². The third-order valence-corrected chi connectivity index (χ3v) is 3.39. The molecule has 1 aromatic rings. The molecule has 1 aliphatic heterocycles. The SMILES string of the molecule is O=C(CCOc1cccc(Br)c1)N1CC[C@@H](O)C1. The molecule has 1 aliphatic rings. The molecule has 0 spiro atoms. The third-order valence-electron chi connectivity index (χ3n) is 2.90. The van der Waals surface area contributed by atoms with Gasteiger partial charge in [0, 0.05) is 17.6 Å². The van der Waals surface area contributed by atoms with Gasteiger partial charge in [-0.1, -0.05) is 22.0 Å². The maximum atomic E-state index is 11.8. The van der Waals surface area contributed by atoms with E-state index in [0.717, 1.165) is 10.2 Å². The van der Waals surface area contributed by atoms with Crippen LogP contribution in [0, 0.1) is 0 Å². The van der Waals surface area contributed by atoms with Gasteiger partial charge in [-0.25, -0.2) is 0 Å². The molecule has 0 bridgehead atoms. The molecule has 0 aliphatic carbocycles. The van der Waals surface area contributed by atoms with E-state index in [1.165, 1.54) is 0 Å². The van der Waals surface area contributed by atoms with Crippen LogP contribution in [0.4, 0.5) is 0 Å². The Kier molecular flexibility index (Phi) is 4.60. The van der Waals surface area contributed by atoms with E-state index in [2.05, 4.69) is 15.9 Å². The minimum atomic E-state index is -0.361. The highest BCUT2D eigenvalue weighted by atomic mass is 79.9. The van der Waals surface area contributed by atoms with Gasteiger partial charge in [0.05, 0.1) is 19.1 Å². The fourth-order valence-corrected chi connectivity index (χ4v) is 2.32. The molecule has 1 heterocycles. The van der Waals surface area contributed by atoms with Gasteiger partial charge in [0.15, 0.2) is 0 Å². The number of nitrogens with zero attached hydrogens (tertiary/aromatic N) is 1. The molecule has 1 amide bonds. The van der Waals surface area contributed by atoms with Crippen molar-refractivity contribution in [3.63, 3.8) is 0 Å². The predicted octanol–water partition coefficient (Wildman–Crippen LogP) is 1.81. The Morgan fingerprint density at radius 3 is 3.06 bits per heavy atom. The Labute approximate surface area is 115 Å². The van der Waals surface area contributed by atoms with Crippen LogP contribution in [0.1, 0.15) is 12.8 Å². The average Bonchev–Trinajstić information content (AvgIpc) is 2.76. The second-order valence-corrected chi connectivity index (χ2v) is 5.25. The summed E-state index contributed by atoms with van der Waals surface area (Å²) in [5.74, 6) is 0.792. The van der Waals surface area contributed by atoms with Gasteiger partial charge < -0.3 is 14.7 Å². The first-order valence-electron chi connectivity index (χ1n) is 5.99. The maximum absolute atomic E-state index is 11.8. The summed E-state index contributed by atoms with van der Waals surface area (Å²) in [7, 11) is 0. The van der Waals surface area contributed by atoms with E-state index in [4.69, 9.17) is 4.74 Å². The molecule has 18 heavy (non-hydrogen) atoms.